The van der Waals surface area contributed by atoms with E-state index in [0.29, 0.717) is 5.41 Å². The summed E-state index contributed by atoms with van der Waals surface area (Å²) < 4.78 is 0. The SMILES string of the molecule is C/C=C1\CCCC(C)(C(C)C(C)CCCC(C)C)C1CC. The summed E-state index contributed by atoms with van der Waals surface area (Å²) in [5.41, 5.74) is 2.26. The second-order valence-electron chi connectivity index (χ2n) is 8.27. The van der Waals surface area contributed by atoms with Crippen molar-refractivity contribution in [2.45, 2.75) is 93.4 Å². The lowest BCUT2D eigenvalue weighted by atomic mass is 9.56. The van der Waals surface area contributed by atoms with Crippen LogP contribution >= 0.6 is 0 Å². The standard InChI is InChI=1S/C21H40/c1-8-19-14-11-15-21(7,20(19)9-2)18(6)17(5)13-10-12-16(3)4/h8,16-18,20H,9-15H2,1-7H3/b19-8+. The van der Waals surface area contributed by atoms with Crippen molar-refractivity contribution in [3.05, 3.63) is 11.6 Å². The van der Waals surface area contributed by atoms with Crippen LogP contribution in [-0.2, 0) is 0 Å². The van der Waals surface area contributed by atoms with Crippen molar-refractivity contribution in [1.82, 2.24) is 0 Å². The minimum Gasteiger partial charge on any atom is -0.0882 e. The quantitative estimate of drug-likeness (QED) is 0.433. The van der Waals surface area contributed by atoms with E-state index in [1.165, 1.54) is 44.9 Å². The lowest BCUT2D eigenvalue weighted by molar-refractivity contribution is 0.0477. The third-order valence-electron chi connectivity index (χ3n) is 6.54. The summed E-state index contributed by atoms with van der Waals surface area (Å²) >= 11 is 0. The van der Waals surface area contributed by atoms with Gasteiger partial charge in [0.15, 0.2) is 0 Å². The molecule has 0 heteroatoms. The molecule has 0 bridgehead atoms. The van der Waals surface area contributed by atoms with Crippen LogP contribution < -0.4 is 0 Å². The number of hydrogen-bond acceptors (Lipinski definition) is 0. The molecule has 1 saturated carbocycles. The number of rotatable bonds is 7. The Bertz CT molecular complexity index is 325. The fourth-order valence-electron chi connectivity index (χ4n) is 4.81. The van der Waals surface area contributed by atoms with Gasteiger partial charge in [-0.2, -0.15) is 0 Å². The maximum absolute atomic E-state index is 2.59. The van der Waals surface area contributed by atoms with E-state index in [0.717, 1.165) is 23.7 Å². The zero-order valence-electron chi connectivity index (χ0n) is 15.8. The topological polar surface area (TPSA) is 0 Å². The number of allylic oxidation sites excluding steroid dienone is 2. The summed E-state index contributed by atoms with van der Waals surface area (Å²) in [6.45, 7) is 17.0. The van der Waals surface area contributed by atoms with Crippen molar-refractivity contribution in [2.75, 3.05) is 0 Å². The Balaban J connectivity index is 2.74. The Hall–Kier alpha value is -0.260. The molecule has 0 aromatic rings. The summed E-state index contributed by atoms with van der Waals surface area (Å²) in [5, 5.41) is 0. The lowest BCUT2D eigenvalue weighted by Crippen LogP contribution is -2.40. The predicted octanol–water partition coefficient (Wildman–Crippen LogP) is 7.25. The zero-order valence-corrected chi connectivity index (χ0v) is 15.8. The molecule has 0 N–H and O–H groups in total. The van der Waals surface area contributed by atoms with Gasteiger partial charge < -0.3 is 0 Å². The minimum atomic E-state index is 0.520. The summed E-state index contributed by atoms with van der Waals surface area (Å²) in [5.74, 6) is 3.37. The van der Waals surface area contributed by atoms with Crippen molar-refractivity contribution >= 4 is 0 Å². The van der Waals surface area contributed by atoms with Crippen molar-refractivity contribution in [1.29, 1.82) is 0 Å². The Kier molecular flexibility index (Phi) is 7.51. The molecule has 4 atom stereocenters. The van der Waals surface area contributed by atoms with Gasteiger partial charge in [0.2, 0.25) is 0 Å². The molecule has 124 valence electrons. The molecule has 1 fully saturated rings. The fourth-order valence-corrected chi connectivity index (χ4v) is 4.81. The molecule has 0 aliphatic heterocycles. The molecule has 1 aliphatic carbocycles. The Labute approximate surface area is 134 Å². The fraction of sp³-hybridized carbons (Fsp3) is 0.905. The third kappa shape index (κ3) is 4.60. The lowest BCUT2D eigenvalue weighted by Gasteiger charge is -2.49. The molecule has 0 saturated heterocycles. The summed E-state index contributed by atoms with van der Waals surface area (Å²) in [6.07, 6.45) is 12.1. The van der Waals surface area contributed by atoms with Crippen LogP contribution in [0.5, 0.6) is 0 Å². The van der Waals surface area contributed by atoms with Gasteiger partial charge in [-0.3, -0.25) is 0 Å². The molecule has 0 spiro atoms. The van der Waals surface area contributed by atoms with E-state index in [2.05, 4.69) is 54.5 Å². The first-order valence-electron chi connectivity index (χ1n) is 9.51. The largest absolute Gasteiger partial charge is 0.0882 e. The van der Waals surface area contributed by atoms with Gasteiger partial charge in [-0.1, -0.05) is 72.5 Å². The van der Waals surface area contributed by atoms with Crippen LogP contribution in [0.2, 0.25) is 0 Å². The first kappa shape index (κ1) is 18.8. The summed E-state index contributed by atoms with van der Waals surface area (Å²) in [4.78, 5) is 0. The van der Waals surface area contributed by atoms with Crippen LogP contribution in [0.3, 0.4) is 0 Å². The monoisotopic (exact) mass is 292 g/mol. The van der Waals surface area contributed by atoms with E-state index < -0.39 is 0 Å². The van der Waals surface area contributed by atoms with Gasteiger partial charge >= 0.3 is 0 Å². The minimum absolute atomic E-state index is 0.520. The first-order valence-corrected chi connectivity index (χ1v) is 9.51. The van der Waals surface area contributed by atoms with Crippen LogP contribution in [0.25, 0.3) is 0 Å². The molecular formula is C21H40. The van der Waals surface area contributed by atoms with Crippen LogP contribution in [0.1, 0.15) is 93.4 Å². The van der Waals surface area contributed by atoms with Crippen molar-refractivity contribution in [3.63, 3.8) is 0 Å². The van der Waals surface area contributed by atoms with Gasteiger partial charge in [0.25, 0.3) is 0 Å². The first-order chi connectivity index (χ1) is 9.86. The van der Waals surface area contributed by atoms with Gasteiger partial charge in [0, 0.05) is 0 Å². The molecule has 4 unspecified atom stereocenters. The smallest absolute Gasteiger partial charge is 0.0149 e. The van der Waals surface area contributed by atoms with Crippen molar-refractivity contribution < 1.29 is 0 Å². The van der Waals surface area contributed by atoms with Crippen LogP contribution in [0.15, 0.2) is 11.6 Å². The van der Waals surface area contributed by atoms with E-state index in [1.807, 2.05) is 0 Å². The highest BCUT2D eigenvalue weighted by molar-refractivity contribution is 5.14. The molecule has 0 heterocycles. The molecule has 0 nitrogen and oxygen atoms in total. The van der Waals surface area contributed by atoms with E-state index in [4.69, 9.17) is 0 Å². The van der Waals surface area contributed by atoms with Crippen molar-refractivity contribution in [3.8, 4) is 0 Å². The maximum atomic E-state index is 2.59. The van der Waals surface area contributed by atoms with E-state index >= 15 is 0 Å². The Morgan fingerprint density at radius 1 is 1.19 bits per heavy atom. The highest BCUT2D eigenvalue weighted by Crippen LogP contribution is 2.52. The van der Waals surface area contributed by atoms with E-state index in [1.54, 1.807) is 5.57 Å². The van der Waals surface area contributed by atoms with Gasteiger partial charge in [-0.05, 0) is 61.7 Å². The van der Waals surface area contributed by atoms with Gasteiger partial charge in [-0.15, -0.1) is 0 Å². The van der Waals surface area contributed by atoms with Gasteiger partial charge in [0.1, 0.15) is 0 Å². The van der Waals surface area contributed by atoms with Crippen LogP contribution in [0.4, 0.5) is 0 Å². The molecule has 0 radical (unpaired) electrons. The molecule has 0 aromatic heterocycles. The van der Waals surface area contributed by atoms with Crippen LogP contribution in [0, 0.1) is 29.1 Å². The van der Waals surface area contributed by atoms with E-state index in [9.17, 15) is 0 Å². The normalized spacial score (nSPS) is 31.6. The van der Waals surface area contributed by atoms with Crippen molar-refractivity contribution in [2.24, 2.45) is 29.1 Å². The zero-order chi connectivity index (χ0) is 16.0. The Morgan fingerprint density at radius 3 is 2.38 bits per heavy atom. The predicted molar refractivity (Wildman–Crippen MR) is 96.5 cm³/mol. The molecule has 0 amide bonds. The average Bonchev–Trinajstić information content (AvgIpc) is 2.45. The third-order valence-corrected chi connectivity index (χ3v) is 6.54. The molecule has 1 rings (SSSR count). The average molecular weight is 293 g/mol. The van der Waals surface area contributed by atoms with Crippen LogP contribution in [-0.4, -0.2) is 0 Å². The second-order valence-corrected chi connectivity index (χ2v) is 8.27. The van der Waals surface area contributed by atoms with Gasteiger partial charge in [-0.25, -0.2) is 0 Å². The summed E-state index contributed by atoms with van der Waals surface area (Å²) in [7, 11) is 0. The summed E-state index contributed by atoms with van der Waals surface area (Å²) in [6, 6.07) is 0. The molecule has 0 aromatic carbocycles. The Morgan fingerprint density at radius 2 is 1.86 bits per heavy atom. The molecule has 21 heavy (non-hydrogen) atoms. The van der Waals surface area contributed by atoms with E-state index in [-0.39, 0.29) is 0 Å². The highest BCUT2D eigenvalue weighted by Gasteiger charge is 2.43. The highest BCUT2D eigenvalue weighted by atomic mass is 14.5. The van der Waals surface area contributed by atoms with Gasteiger partial charge in [0.05, 0.1) is 0 Å². The second kappa shape index (κ2) is 8.39. The maximum Gasteiger partial charge on any atom is -0.0149 e. The molecule has 1 aliphatic rings. The number of hydrogen-bond donors (Lipinski definition) is 0. The molecular weight excluding hydrogens is 252 g/mol.